The topological polar surface area (TPSA) is 44.9 Å². The Morgan fingerprint density at radius 1 is 1.64 bits per heavy atom. The van der Waals surface area contributed by atoms with Crippen molar-refractivity contribution in [3.8, 4) is 0 Å². The molecule has 1 heterocycles. The van der Waals surface area contributed by atoms with E-state index in [0.29, 0.717) is 6.54 Å². The van der Waals surface area contributed by atoms with Crippen molar-refractivity contribution in [1.82, 2.24) is 10.3 Å². The molecule has 1 aromatic heterocycles. The molecule has 0 saturated carbocycles. The van der Waals surface area contributed by atoms with Crippen LogP contribution in [-0.4, -0.2) is 24.4 Å². The van der Waals surface area contributed by atoms with Crippen LogP contribution in [0, 0.1) is 0 Å². The maximum atomic E-state index is 9.90. The number of H-pyrrole nitrogens is 1. The van der Waals surface area contributed by atoms with Crippen molar-refractivity contribution in [2.45, 2.75) is 6.42 Å². The number of rotatable bonds is 5. The molecule has 0 saturated heterocycles. The maximum Gasteiger partial charge on any atom is 0.133 e. The summed E-state index contributed by atoms with van der Waals surface area (Å²) in [5.74, 6) is 0. The summed E-state index contributed by atoms with van der Waals surface area (Å²) in [5.41, 5.74) is 1.27. The van der Waals surface area contributed by atoms with Gasteiger partial charge in [-0.3, -0.25) is 0 Å². The lowest BCUT2D eigenvalue weighted by Crippen LogP contribution is -2.18. The van der Waals surface area contributed by atoms with Crippen LogP contribution in [-0.2, 0) is 11.2 Å². The first-order valence-corrected chi connectivity index (χ1v) is 3.69. The smallest absolute Gasteiger partial charge is 0.133 e. The zero-order chi connectivity index (χ0) is 7.94. The maximum absolute atomic E-state index is 9.90. The van der Waals surface area contributed by atoms with Gasteiger partial charge in [0.25, 0.3) is 0 Å². The molecule has 3 heteroatoms. The third-order valence-corrected chi connectivity index (χ3v) is 1.48. The van der Waals surface area contributed by atoms with E-state index in [2.05, 4.69) is 10.3 Å². The highest BCUT2D eigenvalue weighted by atomic mass is 16.1. The summed E-state index contributed by atoms with van der Waals surface area (Å²) in [6.45, 7) is 1.31. The highest BCUT2D eigenvalue weighted by molar-refractivity contribution is 5.51. The largest absolute Gasteiger partial charge is 0.367 e. The van der Waals surface area contributed by atoms with Crippen LogP contribution in [0.4, 0.5) is 0 Å². The summed E-state index contributed by atoms with van der Waals surface area (Å²) in [4.78, 5) is 12.9. The van der Waals surface area contributed by atoms with Crippen molar-refractivity contribution in [2.75, 3.05) is 13.1 Å². The van der Waals surface area contributed by atoms with Crippen molar-refractivity contribution in [2.24, 2.45) is 0 Å². The van der Waals surface area contributed by atoms with Crippen LogP contribution in [0.15, 0.2) is 18.5 Å². The van der Waals surface area contributed by atoms with Gasteiger partial charge < -0.3 is 15.1 Å². The number of nitrogens with one attached hydrogen (secondary N) is 2. The summed E-state index contributed by atoms with van der Waals surface area (Å²) >= 11 is 0. The average Bonchev–Trinajstić information content (AvgIpc) is 2.50. The molecule has 0 spiro atoms. The van der Waals surface area contributed by atoms with Crippen molar-refractivity contribution in [3.63, 3.8) is 0 Å². The molecule has 0 aliphatic rings. The number of carbonyl (C=O) groups excluding carboxylic acids is 1. The highest BCUT2D eigenvalue weighted by Gasteiger charge is 1.90. The van der Waals surface area contributed by atoms with Crippen molar-refractivity contribution in [3.05, 3.63) is 24.0 Å². The molecular weight excluding hydrogens is 140 g/mol. The first-order chi connectivity index (χ1) is 5.43. The number of carbonyl (C=O) groups is 1. The monoisotopic (exact) mass is 152 g/mol. The van der Waals surface area contributed by atoms with E-state index in [9.17, 15) is 4.79 Å². The number of hydrogen-bond donors (Lipinski definition) is 2. The number of aromatic nitrogens is 1. The van der Waals surface area contributed by atoms with E-state index in [1.807, 2.05) is 18.5 Å². The van der Waals surface area contributed by atoms with Gasteiger partial charge in [0.15, 0.2) is 0 Å². The molecule has 60 valence electrons. The first kappa shape index (κ1) is 8.01. The fourth-order valence-corrected chi connectivity index (χ4v) is 0.908. The Labute approximate surface area is 65.8 Å². The third-order valence-electron chi connectivity index (χ3n) is 1.48. The highest BCUT2D eigenvalue weighted by Crippen LogP contribution is 1.95. The second kappa shape index (κ2) is 4.68. The average molecular weight is 152 g/mol. The van der Waals surface area contributed by atoms with Gasteiger partial charge in [-0.15, -0.1) is 0 Å². The Balaban J connectivity index is 2.09. The van der Waals surface area contributed by atoms with Crippen LogP contribution in [0.3, 0.4) is 0 Å². The fraction of sp³-hybridized carbons (Fsp3) is 0.375. The van der Waals surface area contributed by atoms with Gasteiger partial charge in [0.05, 0.1) is 6.54 Å². The Kier molecular flexibility index (Phi) is 3.41. The van der Waals surface area contributed by atoms with Crippen molar-refractivity contribution >= 4 is 6.29 Å². The van der Waals surface area contributed by atoms with Crippen LogP contribution >= 0.6 is 0 Å². The van der Waals surface area contributed by atoms with Crippen LogP contribution in [0.2, 0.25) is 0 Å². The van der Waals surface area contributed by atoms with E-state index in [1.165, 1.54) is 5.56 Å². The molecule has 0 unspecified atom stereocenters. The second-order valence-corrected chi connectivity index (χ2v) is 2.34. The molecule has 1 aromatic rings. The second-order valence-electron chi connectivity index (χ2n) is 2.34. The summed E-state index contributed by atoms with van der Waals surface area (Å²) in [6.07, 6.45) is 5.70. The molecule has 2 N–H and O–H groups in total. The minimum atomic E-state index is 0.449. The first-order valence-electron chi connectivity index (χ1n) is 3.69. The molecule has 0 radical (unpaired) electrons. The van der Waals surface area contributed by atoms with Crippen LogP contribution < -0.4 is 5.32 Å². The van der Waals surface area contributed by atoms with E-state index >= 15 is 0 Å². The lowest BCUT2D eigenvalue weighted by Gasteiger charge is -1.96. The lowest BCUT2D eigenvalue weighted by molar-refractivity contribution is -0.107. The molecule has 0 atom stereocenters. The normalized spacial score (nSPS) is 9.82. The van der Waals surface area contributed by atoms with Gasteiger partial charge in [-0.25, -0.2) is 0 Å². The molecule has 3 nitrogen and oxygen atoms in total. The summed E-state index contributed by atoms with van der Waals surface area (Å²) in [7, 11) is 0. The van der Waals surface area contributed by atoms with Gasteiger partial charge in [-0.2, -0.15) is 0 Å². The Bertz CT molecular complexity index is 194. The number of aromatic amines is 1. The number of aldehydes is 1. The molecule has 0 aromatic carbocycles. The molecule has 11 heavy (non-hydrogen) atoms. The standard InChI is InChI=1S/C8H12N2O/c11-6-5-9-3-1-8-2-4-10-7-8/h2,4,6-7,9-10H,1,3,5H2. The predicted octanol–water partition coefficient (Wildman–Crippen LogP) is 0.346. The molecule has 0 bridgehead atoms. The molecular formula is C8H12N2O. The predicted molar refractivity (Wildman–Crippen MR) is 43.4 cm³/mol. The van der Waals surface area contributed by atoms with Crippen LogP contribution in [0.1, 0.15) is 5.56 Å². The van der Waals surface area contributed by atoms with E-state index < -0.39 is 0 Å². The van der Waals surface area contributed by atoms with E-state index in [4.69, 9.17) is 0 Å². The van der Waals surface area contributed by atoms with E-state index in [1.54, 1.807) is 0 Å². The van der Waals surface area contributed by atoms with Gasteiger partial charge in [-0.05, 0) is 24.6 Å². The summed E-state index contributed by atoms with van der Waals surface area (Å²) < 4.78 is 0. The zero-order valence-electron chi connectivity index (χ0n) is 6.34. The van der Waals surface area contributed by atoms with Gasteiger partial charge in [0, 0.05) is 12.4 Å². The fourth-order valence-electron chi connectivity index (χ4n) is 0.908. The van der Waals surface area contributed by atoms with Gasteiger partial charge in [-0.1, -0.05) is 0 Å². The molecule has 0 fully saturated rings. The lowest BCUT2D eigenvalue weighted by atomic mass is 10.2. The summed E-state index contributed by atoms with van der Waals surface area (Å²) in [5, 5.41) is 2.99. The zero-order valence-corrected chi connectivity index (χ0v) is 6.34. The van der Waals surface area contributed by atoms with E-state index in [-0.39, 0.29) is 0 Å². The van der Waals surface area contributed by atoms with Crippen LogP contribution in [0.25, 0.3) is 0 Å². The van der Waals surface area contributed by atoms with Crippen molar-refractivity contribution < 1.29 is 4.79 Å². The van der Waals surface area contributed by atoms with Gasteiger partial charge in [0.2, 0.25) is 0 Å². The number of hydrogen-bond acceptors (Lipinski definition) is 2. The Morgan fingerprint density at radius 3 is 3.18 bits per heavy atom. The van der Waals surface area contributed by atoms with Crippen molar-refractivity contribution in [1.29, 1.82) is 0 Å². The molecule has 1 rings (SSSR count). The van der Waals surface area contributed by atoms with Gasteiger partial charge >= 0.3 is 0 Å². The quantitative estimate of drug-likeness (QED) is 0.472. The minimum absolute atomic E-state index is 0.449. The SMILES string of the molecule is O=CCNCCc1cc[nH]c1. The Hall–Kier alpha value is -1.09. The molecule has 0 aliphatic carbocycles. The third kappa shape index (κ3) is 3.00. The van der Waals surface area contributed by atoms with Gasteiger partial charge in [0.1, 0.15) is 6.29 Å². The molecule has 0 amide bonds. The summed E-state index contributed by atoms with van der Waals surface area (Å²) in [6, 6.07) is 2.03. The van der Waals surface area contributed by atoms with Crippen LogP contribution in [0.5, 0.6) is 0 Å². The van der Waals surface area contributed by atoms with E-state index in [0.717, 1.165) is 19.3 Å². The molecule has 0 aliphatic heterocycles. The Morgan fingerprint density at radius 2 is 2.55 bits per heavy atom. The minimum Gasteiger partial charge on any atom is -0.367 e.